The summed E-state index contributed by atoms with van der Waals surface area (Å²) in [5.74, 6) is 0.568. The Morgan fingerprint density at radius 3 is 2.74 bits per heavy atom. The van der Waals surface area contributed by atoms with Gasteiger partial charge in [-0.25, -0.2) is 18.4 Å². The van der Waals surface area contributed by atoms with Gasteiger partial charge in [-0.15, -0.1) is 6.58 Å². The molecule has 3 aliphatic carbocycles. The summed E-state index contributed by atoms with van der Waals surface area (Å²) in [5.41, 5.74) is 2.61. The maximum atomic E-state index is 12.9. The van der Waals surface area contributed by atoms with E-state index in [1.54, 1.807) is 12.1 Å². The van der Waals surface area contributed by atoms with Crippen LogP contribution >= 0.6 is 0 Å². The third-order valence-electron chi connectivity index (χ3n) is 8.71. The Kier molecular flexibility index (Phi) is 5.41. The van der Waals surface area contributed by atoms with Crippen molar-refractivity contribution in [3.8, 4) is 5.75 Å². The number of carbonyl (C=O) groups excluding carboxylic acids is 1. The van der Waals surface area contributed by atoms with E-state index in [2.05, 4.69) is 25.6 Å². The molecule has 2 saturated carbocycles. The van der Waals surface area contributed by atoms with E-state index in [9.17, 15) is 18.3 Å². The molecule has 0 amide bonds. The first-order chi connectivity index (χ1) is 16.1. The molecule has 0 aromatic heterocycles. The van der Waals surface area contributed by atoms with Gasteiger partial charge in [0.05, 0.1) is 10.5 Å². The van der Waals surface area contributed by atoms with Crippen LogP contribution in [0.15, 0.2) is 60.0 Å². The van der Waals surface area contributed by atoms with E-state index < -0.39 is 16.0 Å². The van der Waals surface area contributed by atoms with Gasteiger partial charge in [-0.2, -0.15) is 0 Å². The van der Waals surface area contributed by atoms with Crippen LogP contribution in [0, 0.1) is 17.3 Å². The van der Waals surface area contributed by atoms with Crippen molar-refractivity contribution < 1.29 is 23.1 Å². The highest BCUT2D eigenvalue weighted by atomic mass is 32.2. The van der Waals surface area contributed by atoms with E-state index in [1.165, 1.54) is 29.3 Å². The zero-order valence-electron chi connectivity index (χ0n) is 19.4. The molecule has 2 aromatic rings. The van der Waals surface area contributed by atoms with E-state index in [-0.39, 0.29) is 27.4 Å². The van der Waals surface area contributed by atoms with Crippen molar-refractivity contribution >= 4 is 16.0 Å². The molecule has 0 spiro atoms. The first-order valence-corrected chi connectivity index (χ1v) is 13.4. The van der Waals surface area contributed by atoms with E-state index in [4.69, 9.17) is 9.88 Å². The van der Waals surface area contributed by atoms with Crippen molar-refractivity contribution in [1.29, 1.82) is 0 Å². The second kappa shape index (κ2) is 7.95. The molecule has 3 N–H and O–H groups in total. The molecule has 0 aliphatic heterocycles. The van der Waals surface area contributed by atoms with Gasteiger partial charge in [-0.1, -0.05) is 25.1 Å². The first-order valence-electron chi connectivity index (χ1n) is 11.9. The molecule has 5 atom stereocenters. The highest BCUT2D eigenvalue weighted by molar-refractivity contribution is 7.89. The standard InChI is InChI=1S/C27H31NO5S/c1-3-27-12-11-26(2)16-20(33-25(30)18-5-4-6-21(14-18)34(28,31)32)15-24(26)23(27)9-7-17-13-19(29)8-10-22(17)27/h3-6,8,10,13-14,20,23-24,29H,1,7,9,11-12,15-16H2,2H3,(H2,28,31,32)/t20-,23+,24+,26-,27-/m1/s1. The summed E-state index contributed by atoms with van der Waals surface area (Å²) in [6, 6.07) is 11.4. The molecule has 0 unspecified atom stereocenters. The predicted molar refractivity (Wildman–Crippen MR) is 129 cm³/mol. The molecular formula is C27H31NO5S. The van der Waals surface area contributed by atoms with Crippen LogP contribution in [0.3, 0.4) is 0 Å². The van der Waals surface area contributed by atoms with Gasteiger partial charge in [0, 0.05) is 5.41 Å². The van der Waals surface area contributed by atoms with E-state index in [0.29, 0.717) is 17.6 Å². The smallest absolute Gasteiger partial charge is 0.338 e. The minimum atomic E-state index is -3.90. The number of ether oxygens (including phenoxy) is 1. The minimum Gasteiger partial charge on any atom is -0.508 e. The molecule has 5 rings (SSSR count). The fourth-order valence-electron chi connectivity index (χ4n) is 7.11. The highest BCUT2D eigenvalue weighted by Gasteiger charge is 2.58. The molecule has 0 saturated heterocycles. The molecule has 2 aromatic carbocycles. The summed E-state index contributed by atoms with van der Waals surface area (Å²) >= 11 is 0. The number of carbonyl (C=O) groups is 1. The van der Waals surface area contributed by atoms with Crippen molar-refractivity contribution in [1.82, 2.24) is 0 Å². The van der Waals surface area contributed by atoms with Crippen LogP contribution in [0.1, 0.15) is 60.5 Å². The largest absolute Gasteiger partial charge is 0.508 e. The number of esters is 1. The van der Waals surface area contributed by atoms with Gasteiger partial charge < -0.3 is 9.84 Å². The number of aryl methyl sites for hydroxylation is 1. The van der Waals surface area contributed by atoms with Gasteiger partial charge in [-0.05, 0) is 97.2 Å². The number of allylic oxidation sites excluding steroid dienone is 1. The second-order valence-corrected chi connectivity index (χ2v) is 12.1. The number of nitrogens with two attached hydrogens (primary N) is 1. The van der Waals surface area contributed by atoms with Crippen LogP contribution in [0.25, 0.3) is 0 Å². The van der Waals surface area contributed by atoms with Crippen LogP contribution in [-0.2, 0) is 26.6 Å². The average Bonchev–Trinajstić information content (AvgIpc) is 3.13. The number of fused-ring (bicyclic) bond motifs is 5. The molecule has 3 aliphatic rings. The maximum absolute atomic E-state index is 12.9. The van der Waals surface area contributed by atoms with Crippen molar-refractivity contribution in [3.05, 3.63) is 71.8 Å². The SMILES string of the molecule is C=C[C@]12CC[C@]3(C)C[C@H](OC(=O)c4cccc(S(N)(=O)=O)c4)C[C@H]3[C@@H]1CCc1cc(O)ccc12. The molecule has 0 radical (unpaired) electrons. The molecule has 34 heavy (non-hydrogen) atoms. The number of hydrogen-bond acceptors (Lipinski definition) is 5. The van der Waals surface area contributed by atoms with Gasteiger partial charge in [0.15, 0.2) is 0 Å². The third-order valence-corrected chi connectivity index (χ3v) is 9.63. The lowest BCUT2D eigenvalue weighted by Gasteiger charge is -2.55. The number of aromatic hydroxyl groups is 1. The van der Waals surface area contributed by atoms with Crippen LogP contribution in [0.5, 0.6) is 5.75 Å². The van der Waals surface area contributed by atoms with Crippen LogP contribution in [-0.4, -0.2) is 25.6 Å². The van der Waals surface area contributed by atoms with Crippen LogP contribution < -0.4 is 5.14 Å². The molecule has 0 bridgehead atoms. The Morgan fingerprint density at radius 2 is 2.00 bits per heavy atom. The number of phenols is 1. The van der Waals surface area contributed by atoms with Crippen molar-refractivity contribution in [2.24, 2.45) is 22.4 Å². The summed E-state index contributed by atoms with van der Waals surface area (Å²) in [4.78, 5) is 12.8. The lowest BCUT2D eigenvalue weighted by Crippen LogP contribution is -2.49. The second-order valence-electron chi connectivity index (χ2n) is 10.5. The third kappa shape index (κ3) is 3.66. The molecule has 7 heteroatoms. The fourth-order valence-corrected chi connectivity index (χ4v) is 7.67. The van der Waals surface area contributed by atoms with Gasteiger partial charge in [0.2, 0.25) is 10.0 Å². The quantitative estimate of drug-likeness (QED) is 0.495. The maximum Gasteiger partial charge on any atom is 0.338 e. The highest BCUT2D eigenvalue weighted by Crippen LogP contribution is 2.64. The van der Waals surface area contributed by atoms with E-state index in [1.807, 2.05) is 6.07 Å². The molecule has 2 fully saturated rings. The summed E-state index contributed by atoms with van der Waals surface area (Å²) in [5, 5.41) is 15.2. The predicted octanol–water partition coefficient (Wildman–Crippen LogP) is 4.46. The minimum absolute atomic E-state index is 0.0684. The molecule has 180 valence electrons. The van der Waals surface area contributed by atoms with E-state index in [0.717, 1.165) is 38.5 Å². The summed E-state index contributed by atoms with van der Waals surface area (Å²) in [6.45, 7) is 6.56. The Labute approximate surface area is 200 Å². The number of rotatable bonds is 4. The van der Waals surface area contributed by atoms with Crippen molar-refractivity contribution in [2.75, 3.05) is 0 Å². The molecule has 0 heterocycles. The number of benzene rings is 2. The van der Waals surface area contributed by atoms with Crippen molar-refractivity contribution in [2.45, 2.75) is 61.9 Å². The van der Waals surface area contributed by atoms with E-state index >= 15 is 0 Å². The summed E-state index contributed by atoms with van der Waals surface area (Å²) in [7, 11) is -3.90. The fraction of sp³-hybridized carbons (Fsp3) is 0.444. The zero-order valence-corrected chi connectivity index (χ0v) is 20.2. The van der Waals surface area contributed by atoms with Gasteiger partial charge in [0.25, 0.3) is 0 Å². The number of primary sulfonamides is 1. The Bertz CT molecular complexity index is 1270. The monoisotopic (exact) mass is 481 g/mol. The number of phenolic OH excluding ortho intramolecular Hbond substituents is 1. The normalized spacial score (nSPS) is 32.2. The van der Waals surface area contributed by atoms with Crippen LogP contribution in [0.4, 0.5) is 0 Å². The van der Waals surface area contributed by atoms with Gasteiger partial charge >= 0.3 is 5.97 Å². The average molecular weight is 482 g/mol. The van der Waals surface area contributed by atoms with Gasteiger partial charge in [-0.3, -0.25) is 0 Å². The summed E-state index contributed by atoms with van der Waals surface area (Å²) < 4.78 is 29.3. The number of hydrogen-bond donors (Lipinski definition) is 2. The molecular weight excluding hydrogens is 450 g/mol. The number of sulfonamides is 1. The van der Waals surface area contributed by atoms with Crippen LogP contribution in [0.2, 0.25) is 0 Å². The lowest BCUT2D eigenvalue weighted by atomic mass is 9.49. The Balaban J connectivity index is 1.39. The summed E-state index contributed by atoms with van der Waals surface area (Å²) in [6.07, 6.45) is 7.40. The Morgan fingerprint density at radius 1 is 1.21 bits per heavy atom. The first kappa shape index (κ1) is 23.1. The Hall–Kier alpha value is -2.64. The van der Waals surface area contributed by atoms with Gasteiger partial charge in [0.1, 0.15) is 11.9 Å². The lowest BCUT2D eigenvalue weighted by molar-refractivity contribution is 0.0267. The van der Waals surface area contributed by atoms with Crippen molar-refractivity contribution in [3.63, 3.8) is 0 Å². The molecule has 6 nitrogen and oxygen atoms in total. The zero-order chi connectivity index (χ0) is 24.3. The topological polar surface area (TPSA) is 107 Å².